The number of halogens is 1. The van der Waals surface area contributed by atoms with Gasteiger partial charge in [0.1, 0.15) is 11.6 Å². The summed E-state index contributed by atoms with van der Waals surface area (Å²) in [6, 6.07) is 13.4. The summed E-state index contributed by atoms with van der Waals surface area (Å²) in [6.07, 6.45) is 0.788. The van der Waals surface area contributed by atoms with Crippen molar-refractivity contribution in [1.29, 1.82) is 0 Å². The number of benzene rings is 2. The number of amides is 1. The molecule has 0 aromatic heterocycles. The van der Waals surface area contributed by atoms with Gasteiger partial charge in [-0.15, -0.1) is 0 Å². The molecular weight excluding hydrogens is 355 g/mol. The predicted octanol–water partition coefficient (Wildman–Crippen LogP) is 3.88. The van der Waals surface area contributed by atoms with E-state index >= 15 is 0 Å². The van der Waals surface area contributed by atoms with Crippen LogP contribution in [0.15, 0.2) is 42.5 Å². The van der Waals surface area contributed by atoms with E-state index in [1.54, 1.807) is 14.0 Å². The Morgan fingerprint density at radius 2 is 1.96 bits per heavy atom. The summed E-state index contributed by atoms with van der Waals surface area (Å²) in [5.41, 5.74) is 2.94. The minimum Gasteiger partial charge on any atom is -0.497 e. The van der Waals surface area contributed by atoms with Crippen LogP contribution in [0.4, 0.5) is 4.39 Å². The fourth-order valence-electron chi connectivity index (χ4n) is 3.98. The number of hydrogen-bond acceptors (Lipinski definition) is 3. The third kappa shape index (κ3) is 4.90. The molecule has 3 rings (SSSR count). The molecule has 150 valence electrons. The fraction of sp³-hybridized carbons (Fsp3) is 0.435. The lowest BCUT2D eigenvalue weighted by Crippen LogP contribution is -2.45. The highest BCUT2D eigenvalue weighted by molar-refractivity contribution is 5.79. The third-order valence-electron chi connectivity index (χ3n) is 5.47. The summed E-state index contributed by atoms with van der Waals surface area (Å²) in [7, 11) is 1.66. The van der Waals surface area contributed by atoms with Crippen LogP contribution in [0, 0.1) is 18.7 Å². The van der Waals surface area contributed by atoms with Crippen LogP contribution in [0.5, 0.6) is 5.75 Å². The average Bonchev–Trinajstić information content (AvgIpc) is 2.70. The van der Waals surface area contributed by atoms with Gasteiger partial charge in [0.25, 0.3) is 0 Å². The van der Waals surface area contributed by atoms with Crippen molar-refractivity contribution in [2.75, 3.05) is 26.7 Å². The van der Waals surface area contributed by atoms with E-state index in [1.807, 2.05) is 31.2 Å². The smallest absolute Gasteiger partial charge is 0.224 e. The Kier molecular flexibility index (Phi) is 6.68. The second-order valence-corrected chi connectivity index (χ2v) is 7.57. The molecule has 1 N–H and O–H groups in total. The molecule has 1 aliphatic rings. The van der Waals surface area contributed by atoms with Gasteiger partial charge in [-0.25, -0.2) is 4.39 Å². The second-order valence-electron chi connectivity index (χ2n) is 7.57. The topological polar surface area (TPSA) is 41.6 Å². The SMILES string of the molecule is CCNC(=O)C1CC(c2ccc(F)c(C)c2)CN(Cc2ccc(OC)cc2)C1. The van der Waals surface area contributed by atoms with E-state index in [2.05, 4.69) is 22.3 Å². The summed E-state index contributed by atoms with van der Waals surface area (Å²) in [5.74, 6) is 0.893. The molecule has 2 aromatic carbocycles. The maximum atomic E-state index is 13.7. The van der Waals surface area contributed by atoms with E-state index in [4.69, 9.17) is 4.74 Å². The maximum Gasteiger partial charge on any atom is 0.224 e. The molecule has 1 fully saturated rings. The monoisotopic (exact) mass is 384 g/mol. The third-order valence-corrected chi connectivity index (χ3v) is 5.47. The van der Waals surface area contributed by atoms with Gasteiger partial charge in [-0.1, -0.05) is 24.3 Å². The van der Waals surface area contributed by atoms with Crippen LogP contribution in [0.1, 0.15) is 36.0 Å². The lowest BCUT2D eigenvalue weighted by Gasteiger charge is -2.37. The first-order valence-corrected chi connectivity index (χ1v) is 9.89. The molecule has 1 aliphatic heterocycles. The number of nitrogens with zero attached hydrogens (tertiary/aromatic N) is 1. The molecule has 1 amide bonds. The second kappa shape index (κ2) is 9.20. The summed E-state index contributed by atoms with van der Waals surface area (Å²) in [6.45, 7) is 6.72. The first kappa shape index (κ1) is 20.3. The minimum absolute atomic E-state index is 0.0673. The van der Waals surface area contributed by atoms with E-state index in [1.165, 1.54) is 11.6 Å². The number of piperidine rings is 1. The summed E-state index contributed by atoms with van der Waals surface area (Å²) < 4.78 is 18.9. The van der Waals surface area contributed by atoms with E-state index in [-0.39, 0.29) is 23.6 Å². The zero-order valence-electron chi connectivity index (χ0n) is 16.9. The van der Waals surface area contributed by atoms with Crippen molar-refractivity contribution in [2.24, 2.45) is 5.92 Å². The highest BCUT2D eigenvalue weighted by atomic mass is 19.1. The van der Waals surface area contributed by atoms with Crippen LogP contribution in [-0.2, 0) is 11.3 Å². The zero-order valence-corrected chi connectivity index (χ0v) is 16.9. The molecule has 0 bridgehead atoms. The van der Waals surface area contributed by atoms with E-state index in [0.717, 1.165) is 37.4 Å². The number of hydrogen-bond donors (Lipinski definition) is 1. The Balaban J connectivity index is 1.79. The van der Waals surface area contributed by atoms with E-state index in [0.29, 0.717) is 12.1 Å². The lowest BCUT2D eigenvalue weighted by atomic mass is 9.83. The standard InChI is InChI=1S/C23H29FN2O2/c1-4-25-23(27)20-12-19(18-7-10-22(24)16(2)11-18)14-26(15-20)13-17-5-8-21(28-3)9-6-17/h5-11,19-20H,4,12-15H2,1-3H3,(H,25,27). The van der Waals surface area contributed by atoms with Gasteiger partial charge >= 0.3 is 0 Å². The van der Waals surface area contributed by atoms with Crippen molar-refractivity contribution in [3.8, 4) is 5.75 Å². The summed E-state index contributed by atoms with van der Waals surface area (Å²) >= 11 is 0. The molecule has 2 atom stereocenters. The van der Waals surface area contributed by atoms with Gasteiger partial charge in [-0.3, -0.25) is 9.69 Å². The van der Waals surface area contributed by atoms with Gasteiger partial charge < -0.3 is 10.1 Å². The molecule has 28 heavy (non-hydrogen) atoms. The number of likely N-dealkylation sites (tertiary alicyclic amines) is 1. The molecule has 0 radical (unpaired) electrons. The van der Waals surface area contributed by atoms with Crippen molar-refractivity contribution in [2.45, 2.75) is 32.7 Å². The number of methoxy groups -OCH3 is 1. The Bertz CT molecular complexity index is 807. The van der Waals surface area contributed by atoms with Crippen LogP contribution >= 0.6 is 0 Å². The number of carbonyl (C=O) groups excluding carboxylic acids is 1. The van der Waals surface area contributed by atoms with Crippen molar-refractivity contribution in [1.82, 2.24) is 10.2 Å². The Labute approximate surface area is 166 Å². The molecule has 5 heteroatoms. The maximum absolute atomic E-state index is 13.7. The molecule has 1 heterocycles. The number of ether oxygens (including phenoxy) is 1. The van der Waals surface area contributed by atoms with Crippen LogP contribution in [0.2, 0.25) is 0 Å². The average molecular weight is 384 g/mol. The van der Waals surface area contributed by atoms with Crippen LogP contribution in [0.25, 0.3) is 0 Å². The molecule has 0 aliphatic carbocycles. The Morgan fingerprint density at radius 3 is 2.61 bits per heavy atom. The Hall–Kier alpha value is -2.40. The summed E-state index contributed by atoms with van der Waals surface area (Å²) in [4.78, 5) is 14.9. The number of rotatable bonds is 6. The normalized spacial score (nSPS) is 20.0. The largest absolute Gasteiger partial charge is 0.497 e. The van der Waals surface area contributed by atoms with E-state index < -0.39 is 0 Å². The molecule has 2 unspecified atom stereocenters. The molecule has 2 aromatic rings. The van der Waals surface area contributed by atoms with Crippen LogP contribution in [-0.4, -0.2) is 37.6 Å². The van der Waals surface area contributed by atoms with Crippen LogP contribution in [0.3, 0.4) is 0 Å². The van der Waals surface area contributed by atoms with Gasteiger partial charge in [-0.05, 0) is 61.1 Å². The quantitative estimate of drug-likeness (QED) is 0.822. The minimum atomic E-state index is -0.185. The van der Waals surface area contributed by atoms with Crippen molar-refractivity contribution in [3.05, 3.63) is 65.0 Å². The van der Waals surface area contributed by atoms with Crippen molar-refractivity contribution in [3.63, 3.8) is 0 Å². The Morgan fingerprint density at radius 1 is 1.21 bits per heavy atom. The van der Waals surface area contributed by atoms with Crippen LogP contribution < -0.4 is 10.1 Å². The van der Waals surface area contributed by atoms with Crippen molar-refractivity contribution >= 4 is 5.91 Å². The fourth-order valence-corrected chi connectivity index (χ4v) is 3.98. The lowest BCUT2D eigenvalue weighted by molar-refractivity contribution is -0.127. The first-order chi connectivity index (χ1) is 13.5. The molecule has 0 spiro atoms. The number of aryl methyl sites for hydroxylation is 1. The molecule has 4 nitrogen and oxygen atoms in total. The highest BCUT2D eigenvalue weighted by Gasteiger charge is 2.32. The first-order valence-electron chi connectivity index (χ1n) is 9.89. The van der Waals surface area contributed by atoms with Crippen molar-refractivity contribution < 1.29 is 13.9 Å². The van der Waals surface area contributed by atoms with Gasteiger partial charge in [0.05, 0.1) is 13.0 Å². The highest BCUT2D eigenvalue weighted by Crippen LogP contribution is 2.32. The number of carbonyl (C=O) groups is 1. The molecule has 1 saturated heterocycles. The van der Waals surface area contributed by atoms with E-state index in [9.17, 15) is 9.18 Å². The molecule has 0 saturated carbocycles. The summed E-state index contributed by atoms with van der Waals surface area (Å²) in [5, 5.41) is 2.97. The molecular formula is C23H29FN2O2. The van der Waals surface area contributed by atoms with Gasteiger partial charge in [-0.2, -0.15) is 0 Å². The van der Waals surface area contributed by atoms with Gasteiger partial charge in [0, 0.05) is 26.2 Å². The predicted molar refractivity (Wildman–Crippen MR) is 109 cm³/mol. The zero-order chi connectivity index (χ0) is 20.1. The number of nitrogens with one attached hydrogen (secondary N) is 1. The van der Waals surface area contributed by atoms with Gasteiger partial charge in [0.2, 0.25) is 5.91 Å². The van der Waals surface area contributed by atoms with Gasteiger partial charge in [0.15, 0.2) is 0 Å².